The van der Waals surface area contributed by atoms with Crippen LogP contribution in [-0.4, -0.2) is 11.5 Å². The molecule has 0 bridgehead atoms. The Morgan fingerprint density at radius 1 is 1.44 bits per heavy atom. The summed E-state index contributed by atoms with van der Waals surface area (Å²) in [5.41, 5.74) is 1.82. The molecule has 5 heteroatoms. The number of nitrogens with one attached hydrogen (secondary N) is 1. The van der Waals surface area contributed by atoms with Crippen molar-refractivity contribution < 1.29 is 4.42 Å². The molecule has 0 radical (unpaired) electrons. The van der Waals surface area contributed by atoms with E-state index in [-0.39, 0.29) is 0 Å². The first-order valence-electron chi connectivity index (χ1n) is 5.81. The van der Waals surface area contributed by atoms with Gasteiger partial charge >= 0.3 is 0 Å². The van der Waals surface area contributed by atoms with Crippen molar-refractivity contribution >= 4 is 27.5 Å². The minimum atomic E-state index is 0.612. The van der Waals surface area contributed by atoms with E-state index in [0.717, 1.165) is 35.2 Å². The fourth-order valence-corrected chi connectivity index (χ4v) is 2.04. The van der Waals surface area contributed by atoms with Gasteiger partial charge in [0.05, 0.1) is 10.7 Å². The van der Waals surface area contributed by atoms with E-state index in [0.29, 0.717) is 10.9 Å². The Morgan fingerprint density at radius 2 is 2.28 bits per heavy atom. The lowest BCUT2D eigenvalue weighted by Gasteiger charge is -1.99. The van der Waals surface area contributed by atoms with Gasteiger partial charge in [0.1, 0.15) is 6.26 Å². The molecule has 0 amide bonds. The number of nitrogens with zero attached hydrogens (tertiary/aromatic N) is 1. The molecule has 0 aliphatic rings. The van der Waals surface area contributed by atoms with Crippen molar-refractivity contribution in [3.05, 3.63) is 39.7 Å². The number of rotatable bonds is 5. The highest BCUT2D eigenvalue weighted by Crippen LogP contribution is 2.28. The summed E-state index contributed by atoms with van der Waals surface area (Å²) in [5.74, 6) is 0.612. The number of hydrogen-bond acceptors (Lipinski definition) is 3. The number of halogens is 2. The predicted molar refractivity (Wildman–Crippen MR) is 76.6 cm³/mol. The summed E-state index contributed by atoms with van der Waals surface area (Å²) in [6, 6.07) is 5.61. The largest absolute Gasteiger partial charge is 0.444 e. The van der Waals surface area contributed by atoms with E-state index < -0.39 is 0 Å². The minimum absolute atomic E-state index is 0.612. The molecular formula is C13H14BrClN2O. The molecular weight excluding hydrogens is 316 g/mol. The summed E-state index contributed by atoms with van der Waals surface area (Å²) in [7, 11) is 0. The zero-order chi connectivity index (χ0) is 13.0. The molecule has 0 fully saturated rings. The summed E-state index contributed by atoms with van der Waals surface area (Å²) in [6.07, 6.45) is 2.79. The summed E-state index contributed by atoms with van der Waals surface area (Å²) < 4.78 is 6.30. The van der Waals surface area contributed by atoms with Crippen molar-refractivity contribution in [2.45, 2.75) is 19.9 Å². The highest BCUT2D eigenvalue weighted by atomic mass is 79.9. The van der Waals surface area contributed by atoms with Gasteiger partial charge in [0.25, 0.3) is 0 Å². The van der Waals surface area contributed by atoms with Crippen LogP contribution >= 0.6 is 27.5 Å². The SMILES string of the molecule is CCCNCc1coc(-c2ccc(Cl)c(Br)c2)n1. The molecule has 0 aliphatic heterocycles. The van der Waals surface area contributed by atoms with Crippen LogP contribution in [0.4, 0.5) is 0 Å². The van der Waals surface area contributed by atoms with Crippen molar-refractivity contribution in [2.24, 2.45) is 0 Å². The lowest BCUT2D eigenvalue weighted by Crippen LogP contribution is -2.13. The van der Waals surface area contributed by atoms with Gasteiger partial charge in [-0.1, -0.05) is 18.5 Å². The lowest BCUT2D eigenvalue weighted by atomic mass is 10.2. The average molecular weight is 330 g/mol. The maximum atomic E-state index is 5.95. The van der Waals surface area contributed by atoms with E-state index in [1.807, 2.05) is 18.2 Å². The summed E-state index contributed by atoms with van der Waals surface area (Å²) in [5, 5.41) is 3.96. The van der Waals surface area contributed by atoms with Crippen molar-refractivity contribution in [3.63, 3.8) is 0 Å². The molecule has 1 N–H and O–H groups in total. The zero-order valence-electron chi connectivity index (χ0n) is 10.0. The third kappa shape index (κ3) is 3.34. The Labute approximate surface area is 120 Å². The van der Waals surface area contributed by atoms with Gasteiger partial charge in [-0.3, -0.25) is 0 Å². The van der Waals surface area contributed by atoms with Crippen LogP contribution in [-0.2, 0) is 6.54 Å². The van der Waals surface area contributed by atoms with E-state index >= 15 is 0 Å². The van der Waals surface area contributed by atoms with E-state index in [2.05, 4.69) is 33.2 Å². The summed E-state index contributed by atoms with van der Waals surface area (Å²) in [6.45, 7) is 3.84. The van der Waals surface area contributed by atoms with Crippen LogP contribution < -0.4 is 5.32 Å². The topological polar surface area (TPSA) is 38.1 Å². The number of benzene rings is 1. The van der Waals surface area contributed by atoms with E-state index in [1.54, 1.807) is 6.26 Å². The fourth-order valence-electron chi connectivity index (χ4n) is 1.54. The monoisotopic (exact) mass is 328 g/mol. The molecule has 2 aromatic rings. The first-order valence-corrected chi connectivity index (χ1v) is 6.98. The molecule has 1 aromatic carbocycles. The van der Waals surface area contributed by atoms with E-state index in [4.69, 9.17) is 16.0 Å². The molecule has 2 rings (SSSR count). The Balaban J connectivity index is 2.11. The highest BCUT2D eigenvalue weighted by Gasteiger charge is 2.08. The van der Waals surface area contributed by atoms with Gasteiger partial charge in [0.2, 0.25) is 5.89 Å². The molecule has 3 nitrogen and oxygen atoms in total. The van der Waals surface area contributed by atoms with Crippen LogP contribution in [0.2, 0.25) is 5.02 Å². The van der Waals surface area contributed by atoms with Gasteiger partial charge in [-0.25, -0.2) is 4.98 Å². The van der Waals surface area contributed by atoms with Crippen LogP contribution in [0, 0.1) is 0 Å². The van der Waals surface area contributed by atoms with E-state index in [9.17, 15) is 0 Å². The molecule has 0 atom stereocenters. The predicted octanol–water partition coefficient (Wildman–Crippen LogP) is 4.26. The van der Waals surface area contributed by atoms with Crippen molar-refractivity contribution in [2.75, 3.05) is 6.54 Å². The Morgan fingerprint density at radius 3 is 3.00 bits per heavy atom. The second-order valence-electron chi connectivity index (χ2n) is 3.95. The Hall–Kier alpha value is -0.840. The molecule has 18 heavy (non-hydrogen) atoms. The summed E-state index contributed by atoms with van der Waals surface area (Å²) in [4.78, 5) is 4.43. The first-order chi connectivity index (χ1) is 8.70. The van der Waals surface area contributed by atoms with Crippen LogP contribution in [0.15, 0.2) is 33.4 Å². The second kappa shape index (κ2) is 6.36. The van der Waals surface area contributed by atoms with Gasteiger partial charge in [-0.15, -0.1) is 0 Å². The smallest absolute Gasteiger partial charge is 0.226 e. The van der Waals surface area contributed by atoms with Gasteiger partial charge in [-0.05, 0) is 47.1 Å². The lowest BCUT2D eigenvalue weighted by molar-refractivity contribution is 0.570. The Bertz CT molecular complexity index is 527. The van der Waals surface area contributed by atoms with Crippen LogP contribution in [0.3, 0.4) is 0 Å². The molecule has 0 saturated heterocycles. The highest BCUT2D eigenvalue weighted by molar-refractivity contribution is 9.10. The molecule has 0 aliphatic carbocycles. The van der Waals surface area contributed by atoms with Gasteiger partial charge in [-0.2, -0.15) is 0 Å². The van der Waals surface area contributed by atoms with Crippen LogP contribution in [0.25, 0.3) is 11.5 Å². The number of hydrogen-bond donors (Lipinski definition) is 1. The molecule has 0 spiro atoms. The van der Waals surface area contributed by atoms with Gasteiger partial charge in [0, 0.05) is 16.6 Å². The molecule has 0 saturated carbocycles. The normalized spacial score (nSPS) is 10.8. The van der Waals surface area contributed by atoms with Crippen LogP contribution in [0.5, 0.6) is 0 Å². The average Bonchev–Trinajstić information content (AvgIpc) is 2.82. The summed E-state index contributed by atoms with van der Waals surface area (Å²) >= 11 is 9.34. The quantitative estimate of drug-likeness (QED) is 0.833. The van der Waals surface area contributed by atoms with Crippen molar-refractivity contribution in [3.8, 4) is 11.5 Å². The van der Waals surface area contributed by atoms with Gasteiger partial charge < -0.3 is 9.73 Å². The maximum Gasteiger partial charge on any atom is 0.226 e. The second-order valence-corrected chi connectivity index (χ2v) is 5.21. The Kier molecular flexibility index (Phi) is 4.80. The molecule has 96 valence electrons. The number of oxazole rings is 1. The fraction of sp³-hybridized carbons (Fsp3) is 0.308. The first kappa shape index (κ1) is 13.6. The van der Waals surface area contributed by atoms with Crippen LogP contribution in [0.1, 0.15) is 19.0 Å². The van der Waals surface area contributed by atoms with Gasteiger partial charge in [0.15, 0.2) is 0 Å². The standard InChI is InChI=1S/C13H14BrClN2O/c1-2-5-16-7-10-8-18-13(17-10)9-3-4-12(15)11(14)6-9/h3-4,6,8,16H,2,5,7H2,1H3. The van der Waals surface area contributed by atoms with Crippen molar-refractivity contribution in [1.82, 2.24) is 10.3 Å². The van der Waals surface area contributed by atoms with E-state index in [1.165, 1.54) is 0 Å². The van der Waals surface area contributed by atoms with Crippen molar-refractivity contribution in [1.29, 1.82) is 0 Å². The molecule has 1 heterocycles. The molecule has 1 aromatic heterocycles. The number of aromatic nitrogens is 1. The third-order valence-corrected chi connectivity index (χ3v) is 3.67. The maximum absolute atomic E-state index is 5.95. The minimum Gasteiger partial charge on any atom is -0.444 e. The zero-order valence-corrected chi connectivity index (χ0v) is 12.4. The third-order valence-electron chi connectivity index (χ3n) is 2.45. The molecule has 0 unspecified atom stereocenters.